The molecule has 0 bridgehead atoms. The molecule has 2 amide bonds. The molecule has 9 heteroatoms. The van der Waals surface area contributed by atoms with Gasteiger partial charge in [0.15, 0.2) is 0 Å². The Morgan fingerprint density at radius 3 is 2.76 bits per heavy atom. The Morgan fingerprint density at radius 1 is 1.24 bits per heavy atom. The zero-order valence-electron chi connectivity index (χ0n) is 18.5. The smallest absolute Gasteiger partial charge is 0.354 e. The van der Waals surface area contributed by atoms with Crippen LogP contribution in [-0.2, 0) is 20.9 Å². The second-order valence-electron chi connectivity index (χ2n) is 8.41. The monoisotopic (exact) mass is 465 g/mol. The predicted molar refractivity (Wildman–Crippen MR) is 122 cm³/mol. The van der Waals surface area contributed by atoms with Crippen molar-refractivity contribution >= 4 is 34.8 Å². The predicted octanol–water partition coefficient (Wildman–Crippen LogP) is 4.14. The first kappa shape index (κ1) is 21.4. The van der Waals surface area contributed by atoms with Gasteiger partial charge in [0.1, 0.15) is 18.1 Å². The highest BCUT2D eigenvalue weighted by molar-refractivity contribution is 7.13. The summed E-state index contributed by atoms with van der Waals surface area (Å²) in [5, 5.41) is 1.93. The number of aryl methyl sites for hydroxylation is 1. The fourth-order valence-corrected chi connectivity index (χ4v) is 5.34. The quantitative estimate of drug-likeness (QED) is 0.526. The largest absolute Gasteiger partial charge is 0.456 e. The molecule has 3 aromatic rings. The molecule has 2 aromatic heterocycles. The second-order valence-corrected chi connectivity index (χ2v) is 9.35. The molecule has 1 fully saturated rings. The number of nitrogens with zero attached hydrogens (tertiary/aromatic N) is 3. The molecule has 8 nitrogen and oxygen atoms in total. The van der Waals surface area contributed by atoms with Gasteiger partial charge >= 0.3 is 5.97 Å². The van der Waals surface area contributed by atoms with Gasteiger partial charge in [0.25, 0.3) is 5.91 Å². The highest BCUT2D eigenvalue weighted by atomic mass is 32.1. The van der Waals surface area contributed by atoms with E-state index in [4.69, 9.17) is 9.15 Å². The third kappa shape index (κ3) is 3.18. The van der Waals surface area contributed by atoms with Gasteiger partial charge in [0, 0.05) is 18.9 Å². The molecule has 2 aliphatic rings. The molecule has 0 radical (unpaired) electrons. The van der Waals surface area contributed by atoms with Crippen LogP contribution in [-0.4, -0.2) is 39.4 Å². The number of esters is 1. The SMILES string of the molecule is Cc1oc(-c2cccs2)nc1COC(=O)C12CCC(=O)N1c1ccccc1C(=O)N2C(C)C. The van der Waals surface area contributed by atoms with Crippen molar-refractivity contribution in [2.24, 2.45) is 0 Å². The van der Waals surface area contributed by atoms with E-state index in [-0.39, 0.29) is 37.3 Å². The van der Waals surface area contributed by atoms with Crippen LogP contribution in [0.2, 0.25) is 0 Å². The number of thiophene rings is 1. The molecular weight excluding hydrogens is 442 g/mol. The summed E-state index contributed by atoms with van der Waals surface area (Å²) in [5.41, 5.74) is -0.183. The van der Waals surface area contributed by atoms with E-state index in [1.165, 1.54) is 21.1 Å². The number of ether oxygens (including phenoxy) is 1. The summed E-state index contributed by atoms with van der Waals surface area (Å²) in [6.07, 6.45) is 0.312. The van der Waals surface area contributed by atoms with Crippen LogP contribution in [0.1, 0.15) is 48.5 Å². The summed E-state index contributed by atoms with van der Waals surface area (Å²) < 4.78 is 11.5. The minimum atomic E-state index is -1.52. The maximum Gasteiger partial charge on any atom is 0.354 e. The normalized spacial score (nSPS) is 19.8. The van der Waals surface area contributed by atoms with Crippen LogP contribution in [0.3, 0.4) is 0 Å². The van der Waals surface area contributed by atoms with Gasteiger partial charge in [0.05, 0.1) is 16.1 Å². The number of rotatable bonds is 5. The number of carbonyl (C=O) groups is 3. The number of fused-ring (bicyclic) bond motifs is 3. The third-order valence-corrected chi connectivity index (χ3v) is 6.97. The fourth-order valence-electron chi connectivity index (χ4n) is 4.69. The van der Waals surface area contributed by atoms with Crippen molar-refractivity contribution in [3.05, 3.63) is 58.8 Å². The summed E-state index contributed by atoms with van der Waals surface area (Å²) in [6, 6.07) is 10.4. The fraction of sp³-hybridized carbons (Fsp3) is 0.333. The molecule has 1 unspecified atom stereocenters. The Balaban J connectivity index is 1.49. The van der Waals surface area contributed by atoms with Crippen molar-refractivity contribution in [3.8, 4) is 10.8 Å². The van der Waals surface area contributed by atoms with Gasteiger partial charge in [-0.15, -0.1) is 11.3 Å². The standard InChI is InChI=1S/C24H23N3O5S/c1-14(2)26-22(29)16-7-4-5-8-18(16)27-20(28)10-11-24(26,27)23(30)31-13-17-15(3)32-21(25-17)19-9-6-12-33-19/h4-9,12,14H,10-11,13H2,1-3H3. The topological polar surface area (TPSA) is 93.0 Å². The maximum absolute atomic E-state index is 13.7. The number of anilines is 1. The molecule has 170 valence electrons. The molecule has 1 saturated heterocycles. The van der Waals surface area contributed by atoms with Gasteiger partial charge in [-0.3, -0.25) is 14.5 Å². The van der Waals surface area contributed by atoms with Crippen LogP contribution in [0.25, 0.3) is 10.8 Å². The van der Waals surface area contributed by atoms with Crippen LogP contribution in [0, 0.1) is 6.92 Å². The average Bonchev–Trinajstić information content (AvgIpc) is 3.52. The number of para-hydroxylation sites is 1. The van der Waals surface area contributed by atoms with Crippen LogP contribution in [0.5, 0.6) is 0 Å². The molecule has 1 atom stereocenters. The first-order chi connectivity index (χ1) is 15.8. The average molecular weight is 466 g/mol. The summed E-state index contributed by atoms with van der Waals surface area (Å²) in [4.78, 5) is 48.4. The molecule has 4 heterocycles. The summed E-state index contributed by atoms with van der Waals surface area (Å²) in [7, 11) is 0. The van der Waals surface area contributed by atoms with Gasteiger partial charge in [-0.05, 0) is 44.4 Å². The number of carbonyl (C=O) groups excluding carboxylic acids is 3. The van der Waals surface area contributed by atoms with E-state index in [1.54, 1.807) is 31.2 Å². The van der Waals surface area contributed by atoms with Gasteiger partial charge < -0.3 is 14.1 Å². The molecular formula is C24H23N3O5S. The molecule has 1 aromatic carbocycles. The number of benzene rings is 1. The lowest BCUT2D eigenvalue weighted by Crippen LogP contribution is -2.70. The van der Waals surface area contributed by atoms with Crippen LogP contribution < -0.4 is 4.90 Å². The highest BCUT2D eigenvalue weighted by Crippen LogP contribution is 2.46. The van der Waals surface area contributed by atoms with Gasteiger partial charge in [-0.25, -0.2) is 9.78 Å². The van der Waals surface area contributed by atoms with Crippen molar-refractivity contribution < 1.29 is 23.5 Å². The van der Waals surface area contributed by atoms with Crippen molar-refractivity contribution in [1.29, 1.82) is 0 Å². The van der Waals surface area contributed by atoms with Gasteiger partial charge in [-0.1, -0.05) is 18.2 Å². The minimum Gasteiger partial charge on any atom is -0.456 e. The molecule has 33 heavy (non-hydrogen) atoms. The summed E-state index contributed by atoms with van der Waals surface area (Å²) in [6.45, 7) is 5.30. The van der Waals surface area contributed by atoms with E-state index in [2.05, 4.69) is 4.98 Å². The molecule has 2 aliphatic heterocycles. The van der Waals surface area contributed by atoms with E-state index in [0.29, 0.717) is 28.6 Å². The van der Waals surface area contributed by atoms with Crippen molar-refractivity contribution in [1.82, 2.24) is 9.88 Å². The van der Waals surface area contributed by atoms with E-state index >= 15 is 0 Å². The molecule has 0 N–H and O–H groups in total. The van der Waals surface area contributed by atoms with Crippen LogP contribution >= 0.6 is 11.3 Å². The molecule has 0 spiro atoms. The first-order valence-electron chi connectivity index (χ1n) is 10.8. The lowest BCUT2D eigenvalue weighted by atomic mass is 9.95. The lowest BCUT2D eigenvalue weighted by molar-refractivity contribution is -0.159. The number of hydrogen-bond donors (Lipinski definition) is 0. The Morgan fingerprint density at radius 2 is 2.03 bits per heavy atom. The van der Waals surface area contributed by atoms with E-state index in [9.17, 15) is 14.4 Å². The summed E-state index contributed by atoms with van der Waals surface area (Å²) >= 11 is 1.50. The number of amides is 2. The minimum absolute atomic E-state index is 0.120. The first-order valence-corrected chi connectivity index (χ1v) is 11.7. The van der Waals surface area contributed by atoms with Gasteiger partial charge in [0.2, 0.25) is 17.5 Å². The van der Waals surface area contributed by atoms with Crippen molar-refractivity contribution in [2.45, 2.75) is 51.9 Å². The van der Waals surface area contributed by atoms with E-state index in [0.717, 1.165) is 4.88 Å². The zero-order chi connectivity index (χ0) is 23.3. The van der Waals surface area contributed by atoms with Crippen molar-refractivity contribution in [2.75, 3.05) is 4.90 Å². The van der Waals surface area contributed by atoms with Gasteiger partial charge in [-0.2, -0.15) is 0 Å². The Bertz CT molecular complexity index is 1250. The second kappa shape index (κ2) is 7.84. The van der Waals surface area contributed by atoms with Crippen LogP contribution in [0.4, 0.5) is 5.69 Å². The third-order valence-electron chi connectivity index (χ3n) is 6.11. The Kier molecular flexibility index (Phi) is 5.08. The summed E-state index contributed by atoms with van der Waals surface area (Å²) in [5.74, 6) is -0.134. The van der Waals surface area contributed by atoms with E-state index < -0.39 is 11.6 Å². The maximum atomic E-state index is 13.7. The number of oxazole rings is 1. The Labute approximate surface area is 194 Å². The van der Waals surface area contributed by atoms with Crippen molar-refractivity contribution in [3.63, 3.8) is 0 Å². The van der Waals surface area contributed by atoms with E-state index in [1.807, 2.05) is 31.4 Å². The lowest BCUT2D eigenvalue weighted by Gasteiger charge is -2.50. The Hall–Kier alpha value is -3.46. The highest BCUT2D eigenvalue weighted by Gasteiger charge is 2.62. The zero-order valence-corrected chi connectivity index (χ0v) is 19.3. The molecule has 0 aliphatic carbocycles. The number of hydrogen-bond acceptors (Lipinski definition) is 7. The molecule has 5 rings (SSSR count). The number of aromatic nitrogens is 1. The van der Waals surface area contributed by atoms with Crippen LogP contribution in [0.15, 0.2) is 46.2 Å². The molecule has 0 saturated carbocycles.